The summed E-state index contributed by atoms with van der Waals surface area (Å²) >= 11 is 0. The van der Waals surface area contributed by atoms with Crippen molar-refractivity contribution in [3.63, 3.8) is 0 Å². The number of para-hydroxylation sites is 1. The van der Waals surface area contributed by atoms with Crippen molar-refractivity contribution in [3.05, 3.63) is 29.3 Å². The quantitative estimate of drug-likeness (QED) is 0.474. The van der Waals surface area contributed by atoms with E-state index in [1.807, 2.05) is 0 Å². The van der Waals surface area contributed by atoms with E-state index < -0.39 is 5.97 Å². The number of hydrogen-bond donors (Lipinski definition) is 0. The fourth-order valence-electron chi connectivity index (χ4n) is 2.30. The number of benzene rings is 1. The molecule has 19 heavy (non-hydrogen) atoms. The predicted octanol–water partition coefficient (Wildman–Crippen LogP) is -0.946. The van der Waals surface area contributed by atoms with Gasteiger partial charge in [0.15, 0.2) is 0 Å². The Kier molecular flexibility index (Phi) is 9.15. The maximum Gasteiger partial charge on any atom is 1.00 e. The topological polar surface area (TPSA) is 43.4 Å². The Hall–Kier alpha value is -0.510. The molecule has 1 aromatic carbocycles. The Bertz CT molecular complexity index is 387. The van der Waals surface area contributed by atoms with Crippen LogP contribution in [0.25, 0.3) is 0 Å². The third-order valence-corrected chi connectivity index (χ3v) is 3.20. The van der Waals surface area contributed by atoms with Gasteiger partial charge in [0.05, 0.1) is 0 Å². The molecule has 0 heterocycles. The molecule has 0 saturated carbocycles. The third kappa shape index (κ3) is 5.98. The average Bonchev–Trinajstić information content (AvgIpc) is 2.31. The summed E-state index contributed by atoms with van der Waals surface area (Å²) in [6.07, 6.45) is 1.73. The van der Waals surface area contributed by atoms with Crippen molar-refractivity contribution < 1.29 is 39.5 Å². The first kappa shape index (κ1) is 18.5. The van der Waals surface area contributed by atoms with Crippen molar-refractivity contribution >= 4 is 11.7 Å². The van der Waals surface area contributed by atoms with E-state index in [9.17, 15) is 9.90 Å². The molecular weight excluding hydrogens is 249 g/mol. The number of carbonyl (C=O) groups is 1. The van der Waals surface area contributed by atoms with Crippen LogP contribution in [0.3, 0.4) is 0 Å². The SMILES string of the molecule is CCN(CCCCC(=O)[O-])c1c(C)cccc1C.[Na+]. The molecule has 100 valence electrons. The number of carboxylic acids is 1. The minimum Gasteiger partial charge on any atom is -0.550 e. The van der Waals surface area contributed by atoms with Crippen molar-refractivity contribution in [1.29, 1.82) is 0 Å². The van der Waals surface area contributed by atoms with Crippen molar-refractivity contribution in [3.8, 4) is 0 Å². The van der Waals surface area contributed by atoms with Gasteiger partial charge in [0, 0.05) is 24.7 Å². The van der Waals surface area contributed by atoms with Gasteiger partial charge >= 0.3 is 29.6 Å². The van der Waals surface area contributed by atoms with Crippen molar-refractivity contribution in [1.82, 2.24) is 0 Å². The van der Waals surface area contributed by atoms with E-state index in [4.69, 9.17) is 0 Å². The summed E-state index contributed by atoms with van der Waals surface area (Å²) in [5, 5.41) is 10.4. The minimum absolute atomic E-state index is 0. The summed E-state index contributed by atoms with van der Waals surface area (Å²) in [7, 11) is 0. The smallest absolute Gasteiger partial charge is 0.550 e. The summed E-state index contributed by atoms with van der Waals surface area (Å²) in [6, 6.07) is 6.30. The van der Waals surface area contributed by atoms with Gasteiger partial charge in [-0.2, -0.15) is 0 Å². The van der Waals surface area contributed by atoms with Crippen LogP contribution in [0.1, 0.15) is 37.3 Å². The molecule has 0 spiro atoms. The first-order valence-corrected chi connectivity index (χ1v) is 6.57. The van der Waals surface area contributed by atoms with Gasteiger partial charge in [-0.1, -0.05) is 18.2 Å². The molecule has 1 rings (SSSR count). The van der Waals surface area contributed by atoms with E-state index >= 15 is 0 Å². The number of aryl methyl sites for hydroxylation is 2. The summed E-state index contributed by atoms with van der Waals surface area (Å²) in [5.41, 5.74) is 3.84. The number of carboxylic acid groups (broad SMARTS) is 1. The Morgan fingerprint density at radius 1 is 1.21 bits per heavy atom. The first-order valence-electron chi connectivity index (χ1n) is 6.57. The van der Waals surface area contributed by atoms with Crippen LogP contribution in [-0.2, 0) is 4.79 Å². The maximum atomic E-state index is 10.4. The van der Waals surface area contributed by atoms with Crippen LogP contribution >= 0.6 is 0 Å². The van der Waals surface area contributed by atoms with Crippen LogP contribution in [-0.4, -0.2) is 19.1 Å². The molecule has 0 aliphatic heterocycles. The van der Waals surface area contributed by atoms with E-state index in [0.29, 0.717) is 6.42 Å². The van der Waals surface area contributed by atoms with Crippen LogP contribution in [0, 0.1) is 13.8 Å². The van der Waals surface area contributed by atoms with Gasteiger partial charge in [0.2, 0.25) is 0 Å². The van der Waals surface area contributed by atoms with E-state index in [0.717, 1.165) is 19.5 Å². The zero-order chi connectivity index (χ0) is 13.5. The van der Waals surface area contributed by atoms with Gasteiger partial charge in [-0.3, -0.25) is 0 Å². The van der Waals surface area contributed by atoms with E-state index in [1.165, 1.54) is 16.8 Å². The Morgan fingerprint density at radius 3 is 2.26 bits per heavy atom. The second-order valence-electron chi connectivity index (χ2n) is 4.65. The van der Waals surface area contributed by atoms with Crippen LogP contribution in [0.15, 0.2) is 18.2 Å². The largest absolute Gasteiger partial charge is 1.00 e. The van der Waals surface area contributed by atoms with Gasteiger partial charge in [-0.15, -0.1) is 0 Å². The molecule has 0 radical (unpaired) electrons. The fourth-order valence-corrected chi connectivity index (χ4v) is 2.30. The number of hydrogen-bond acceptors (Lipinski definition) is 3. The van der Waals surface area contributed by atoms with E-state index in [-0.39, 0.29) is 36.0 Å². The molecule has 0 amide bonds. The number of carbonyl (C=O) groups excluding carboxylic acids is 1. The zero-order valence-electron chi connectivity index (χ0n) is 12.5. The Labute approximate surface area is 138 Å². The predicted molar refractivity (Wildman–Crippen MR) is 72.7 cm³/mol. The molecule has 0 N–H and O–H groups in total. The summed E-state index contributed by atoms with van der Waals surface area (Å²) in [6.45, 7) is 8.20. The molecule has 1 aromatic rings. The number of rotatable bonds is 7. The molecule has 0 atom stereocenters. The molecule has 0 aliphatic carbocycles. The normalized spacial score (nSPS) is 9.84. The van der Waals surface area contributed by atoms with Crippen LogP contribution in [0.2, 0.25) is 0 Å². The first-order chi connectivity index (χ1) is 8.56. The van der Waals surface area contributed by atoms with Crippen LogP contribution in [0.5, 0.6) is 0 Å². The second-order valence-corrected chi connectivity index (χ2v) is 4.65. The minimum atomic E-state index is -0.954. The van der Waals surface area contributed by atoms with Crippen LogP contribution in [0.4, 0.5) is 5.69 Å². The van der Waals surface area contributed by atoms with E-state index in [2.05, 4.69) is 43.9 Å². The Balaban J connectivity index is 0.00000324. The molecule has 0 unspecified atom stereocenters. The molecule has 0 aliphatic rings. The number of nitrogens with zero attached hydrogens (tertiary/aromatic N) is 1. The number of aliphatic carboxylic acids is 1. The molecule has 0 aromatic heterocycles. The Morgan fingerprint density at radius 2 is 1.79 bits per heavy atom. The zero-order valence-corrected chi connectivity index (χ0v) is 14.5. The monoisotopic (exact) mass is 271 g/mol. The van der Waals surface area contributed by atoms with Gasteiger partial charge in [-0.25, -0.2) is 0 Å². The number of anilines is 1. The van der Waals surface area contributed by atoms with Gasteiger partial charge in [0.1, 0.15) is 0 Å². The van der Waals surface area contributed by atoms with Crippen molar-refractivity contribution in [2.24, 2.45) is 0 Å². The van der Waals surface area contributed by atoms with Gasteiger partial charge in [-0.05, 0) is 51.2 Å². The maximum absolute atomic E-state index is 10.4. The molecule has 3 nitrogen and oxygen atoms in total. The van der Waals surface area contributed by atoms with E-state index in [1.54, 1.807) is 0 Å². The fraction of sp³-hybridized carbons (Fsp3) is 0.533. The van der Waals surface area contributed by atoms with Gasteiger partial charge < -0.3 is 14.8 Å². The van der Waals surface area contributed by atoms with Crippen molar-refractivity contribution in [2.45, 2.75) is 40.0 Å². The number of unbranched alkanes of at least 4 members (excludes halogenated alkanes) is 1. The molecule has 4 heteroatoms. The molecule has 0 fully saturated rings. The summed E-state index contributed by atoms with van der Waals surface area (Å²) < 4.78 is 0. The average molecular weight is 271 g/mol. The molecular formula is C15H22NNaO2. The second kappa shape index (κ2) is 9.40. The van der Waals surface area contributed by atoms with Gasteiger partial charge in [0.25, 0.3) is 0 Å². The van der Waals surface area contributed by atoms with Crippen molar-refractivity contribution in [2.75, 3.05) is 18.0 Å². The molecule has 0 bridgehead atoms. The third-order valence-electron chi connectivity index (χ3n) is 3.20. The summed E-state index contributed by atoms with van der Waals surface area (Å²) in [4.78, 5) is 12.7. The molecule has 0 saturated heterocycles. The van der Waals surface area contributed by atoms with Crippen LogP contribution < -0.4 is 39.6 Å². The summed E-state index contributed by atoms with van der Waals surface area (Å²) in [5.74, 6) is -0.954. The standard InChI is InChI=1S/C15H23NO2.Na/c1-4-16(11-6-5-10-14(17)18)15-12(2)8-7-9-13(15)3;/h7-9H,4-6,10-11H2,1-3H3,(H,17,18);/q;+1/p-1.